The number of aromatic nitrogens is 1. The van der Waals surface area contributed by atoms with Crippen molar-refractivity contribution in [2.24, 2.45) is 5.92 Å². The summed E-state index contributed by atoms with van der Waals surface area (Å²) in [6, 6.07) is 15.0. The number of amides is 2. The van der Waals surface area contributed by atoms with E-state index >= 15 is 0 Å². The Labute approximate surface area is 276 Å². The number of phenols is 1. The topological polar surface area (TPSA) is 89.5 Å². The van der Waals surface area contributed by atoms with Crippen LogP contribution in [0, 0.1) is 5.92 Å². The molecule has 2 fully saturated rings. The number of piperazine rings is 1. The highest BCUT2D eigenvalue weighted by molar-refractivity contribution is 6.30. The fraction of sp³-hybridized carbons (Fsp3) is 0.472. The molecular weight excluding hydrogens is 602 g/mol. The van der Waals surface area contributed by atoms with E-state index in [9.17, 15) is 14.7 Å². The molecule has 9 nitrogen and oxygen atoms in total. The van der Waals surface area contributed by atoms with Gasteiger partial charge in [-0.25, -0.2) is 4.98 Å². The van der Waals surface area contributed by atoms with Gasteiger partial charge in [-0.15, -0.1) is 0 Å². The standard InChI is InChI=1S/C36H44ClN5O4/c1-23(2)46-32-19-30-26(17-31(32)43)18-34(44)42(36(30)25-7-9-27(37)10-8-25)29-13-14-33(38-20-29)40(4)21-24-5-11-28(12-6-24)41-16-15-39(3)35(45)22-41/h7-10,13-14,17,19-20,23-24,28,36,43H,5-6,11-12,15-16,18,21-22H2,1-4H3/t24-,28-,36-/m0/s1. The van der Waals surface area contributed by atoms with Crippen molar-refractivity contribution in [3.05, 3.63) is 76.4 Å². The van der Waals surface area contributed by atoms with E-state index in [0.717, 1.165) is 67.8 Å². The minimum Gasteiger partial charge on any atom is -0.504 e. The van der Waals surface area contributed by atoms with Crippen molar-refractivity contribution >= 4 is 34.9 Å². The van der Waals surface area contributed by atoms with E-state index < -0.39 is 6.04 Å². The molecule has 244 valence electrons. The maximum atomic E-state index is 13.8. The van der Waals surface area contributed by atoms with Crippen LogP contribution < -0.4 is 14.5 Å². The van der Waals surface area contributed by atoms with Crippen LogP contribution in [0.3, 0.4) is 0 Å². The smallest absolute Gasteiger partial charge is 0.236 e. The molecule has 2 aromatic carbocycles. The molecule has 10 heteroatoms. The molecule has 3 aliphatic rings. The molecule has 1 saturated carbocycles. The number of pyridine rings is 1. The predicted octanol–water partition coefficient (Wildman–Crippen LogP) is 5.68. The number of aromatic hydroxyl groups is 1. The first kappa shape index (κ1) is 32.1. The lowest BCUT2D eigenvalue weighted by atomic mass is 9.84. The van der Waals surface area contributed by atoms with E-state index in [1.165, 1.54) is 0 Å². The minimum absolute atomic E-state index is 0.0283. The van der Waals surface area contributed by atoms with E-state index in [0.29, 0.717) is 35.0 Å². The SMILES string of the molecule is CC(C)Oc1cc2c(cc1O)CC(=O)N(c1ccc(N(C)C[C@H]3CC[C@H](N4CCN(C)C(=O)C4)CC3)nc1)[C@H]2c1ccc(Cl)cc1. The fourth-order valence-electron chi connectivity index (χ4n) is 7.19. The van der Waals surface area contributed by atoms with Crippen LogP contribution in [0.2, 0.25) is 5.02 Å². The van der Waals surface area contributed by atoms with Crippen LogP contribution in [0.5, 0.6) is 11.5 Å². The van der Waals surface area contributed by atoms with E-state index in [1.807, 2.05) is 68.3 Å². The number of benzene rings is 2. The Kier molecular flexibility index (Phi) is 9.43. The van der Waals surface area contributed by atoms with Gasteiger partial charge in [-0.1, -0.05) is 23.7 Å². The number of fused-ring (bicyclic) bond motifs is 1. The Bertz CT molecular complexity index is 1560. The van der Waals surface area contributed by atoms with Crippen LogP contribution in [0.15, 0.2) is 54.7 Å². The first-order valence-corrected chi connectivity index (χ1v) is 16.7. The average molecular weight is 646 g/mol. The number of nitrogens with zero attached hydrogens (tertiary/aromatic N) is 5. The molecule has 46 heavy (non-hydrogen) atoms. The molecule has 2 aliphatic heterocycles. The van der Waals surface area contributed by atoms with Crippen LogP contribution >= 0.6 is 11.6 Å². The number of hydrogen-bond acceptors (Lipinski definition) is 7. The Hall–Kier alpha value is -3.82. The highest BCUT2D eigenvalue weighted by atomic mass is 35.5. The number of carbonyl (C=O) groups excluding carboxylic acids is 2. The molecule has 0 spiro atoms. The Balaban J connectivity index is 1.18. The zero-order valence-corrected chi connectivity index (χ0v) is 27.9. The molecular formula is C36H44ClN5O4. The van der Waals surface area contributed by atoms with Gasteiger partial charge in [0.25, 0.3) is 0 Å². The van der Waals surface area contributed by atoms with Gasteiger partial charge >= 0.3 is 0 Å². The average Bonchev–Trinajstić information content (AvgIpc) is 3.03. The summed E-state index contributed by atoms with van der Waals surface area (Å²) in [5.74, 6) is 2.00. The van der Waals surface area contributed by atoms with Crippen molar-refractivity contribution in [1.29, 1.82) is 0 Å². The van der Waals surface area contributed by atoms with Crippen molar-refractivity contribution in [1.82, 2.24) is 14.8 Å². The fourth-order valence-corrected chi connectivity index (χ4v) is 7.32. The lowest BCUT2D eigenvalue weighted by molar-refractivity contribution is -0.135. The molecule has 2 amide bonds. The van der Waals surface area contributed by atoms with Crippen molar-refractivity contribution in [2.75, 3.05) is 50.1 Å². The number of anilines is 2. The molecule has 1 aromatic heterocycles. The number of halogens is 1. The number of rotatable bonds is 8. The van der Waals surface area contributed by atoms with Crippen molar-refractivity contribution in [2.45, 2.75) is 64.1 Å². The van der Waals surface area contributed by atoms with Gasteiger partial charge in [0.05, 0.1) is 37.0 Å². The molecule has 1 saturated heterocycles. The summed E-state index contributed by atoms with van der Waals surface area (Å²) in [5, 5.41) is 11.3. The second-order valence-corrected chi connectivity index (χ2v) is 13.7. The van der Waals surface area contributed by atoms with Crippen LogP contribution in [0.25, 0.3) is 0 Å². The quantitative estimate of drug-likeness (QED) is 0.337. The highest BCUT2D eigenvalue weighted by Gasteiger charge is 2.36. The number of likely N-dealkylation sites (N-methyl/N-ethyl adjacent to an activating group) is 1. The van der Waals surface area contributed by atoms with E-state index in [2.05, 4.69) is 16.8 Å². The summed E-state index contributed by atoms with van der Waals surface area (Å²) < 4.78 is 5.92. The van der Waals surface area contributed by atoms with Crippen LogP contribution in [-0.4, -0.2) is 84.1 Å². The van der Waals surface area contributed by atoms with Gasteiger partial charge in [0.2, 0.25) is 11.8 Å². The third-order valence-electron chi connectivity index (χ3n) is 9.69. The molecule has 3 heterocycles. The summed E-state index contributed by atoms with van der Waals surface area (Å²) >= 11 is 6.24. The second kappa shape index (κ2) is 13.5. The monoisotopic (exact) mass is 645 g/mol. The molecule has 0 bridgehead atoms. The van der Waals surface area contributed by atoms with Gasteiger partial charge in [-0.2, -0.15) is 0 Å². The van der Waals surface area contributed by atoms with E-state index in [1.54, 1.807) is 17.2 Å². The lowest BCUT2D eigenvalue weighted by Gasteiger charge is -2.41. The number of ether oxygens (including phenoxy) is 1. The summed E-state index contributed by atoms with van der Waals surface area (Å²) in [4.78, 5) is 39.0. The first-order valence-electron chi connectivity index (χ1n) is 16.3. The van der Waals surface area contributed by atoms with Gasteiger partial charge in [-0.05, 0) is 98.5 Å². The summed E-state index contributed by atoms with van der Waals surface area (Å²) in [6.45, 7) is 7.06. The Morgan fingerprint density at radius 2 is 1.76 bits per heavy atom. The van der Waals surface area contributed by atoms with Crippen molar-refractivity contribution in [3.63, 3.8) is 0 Å². The number of phenolic OH excluding ortho intramolecular Hbond substituents is 1. The molecule has 0 radical (unpaired) electrons. The van der Waals surface area contributed by atoms with Gasteiger partial charge in [0, 0.05) is 44.8 Å². The summed E-state index contributed by atoms with van der Waals surface area (Å²) in [5.41, 5.74) is 3.27. The van der Waals surface area contributed by atoms with Crippen LogP contribution in [-0.2, 0) is 16.0 Å². The van der Waals surface area contributed by atoms with Crippen LogP contribution in [0.1, 0.15) is 62.3 Å². The number of hydrogen-bond donors (Lipinski definition) is 1. The van der Waals surface area contributed by atoms with Gasteiger partial charge in [-0.3, -0.25) is 19.4 Å². The summed E-state index contributed by atoms with van der Waals surface area (Å²) in [6.07, 6.45) is 6.33. The van der Waals surface area contributed by atoms with Gasteiger partial charge < -0.3 is 19.6 Å². The largest absolute Gasteiger partial charge is 0.504 e. The molecule has 6 rings (SSSR count). The van der Waals surface area contributed by atoms with E-state index in [-0.39, 0.29) is 30.1 Å². The van der Waals surface area contributed by atoms with Gasteiger partial charge in [0.1, 0.15) is 5.82 Å². The second-order valence-electron chi connectivity index (χ2n) is 13.3. The maximum Gasteiger partial charge on any atom is 0.236 e. The first-order chi connectivity index (χ1) is 22.1. The predicted molar refractivity (Wildman–Crippen MR) is 181 cm³/mol. The lowest BCUT2D eigenvalue weighted by Crippen LogP contribution is -2.53. The third kappa shape index (κ3) is 6.81. The summed E-state index contributed by atoms with van der Waals surface area (Å²) in [7, 11) is 3.97. The van der Waals surface area contributed by atoms with Gasteiger partial charge in [0.15, 0.2) is 11.5 Å². The Morgan fingerprint density at radius 1 is 1.02 bits per heavy atom. The zero-order valence-electron chi connectivity index (χ0n) is 27.2. The normalized spacial score (nSPS) is 22.3. The van der Waals surface area contributed by atoms with E-state index in [4.69, 9.17) is 21.3 Å². The molecule has 1 N–H and O–H groups in total. The molecule has 0 unspecified atom stereocenters. The zero-order chi connectivity index (χ0) is 32.5. The maximum absolute atomic E-state index is 13.8. The highest BCUT2D eigenvalue weighted by Crippen LogP contribution is 2.43. The molecule has 3 aromatic rings. The van der Waals surface area contributed by atoms with Crippen LogP contribution in [0.4, 0.5) is 11.5 Å². The Morgan fingerprint density at radius 3 is 2.41 bits per heavy atom. The minimum atomic E-state index is -0.445. The van der Waals surface area contributed by atoms with Crippen molar-refractivity contribution < 1.29 is 19.4 Å². The number of carbonyl (C=O) groups is 2. The molecule has 1 aliphatic carbocycles. The molecule has 1 atom stereocenters. The third-order valence-corrected chi connectivity index (χ3v) is 9.94. The van der Waals surface area contributed by atoms with Crippen molar-refractivity contribution in [3.8, 4) is 11.5 Å².